The maximum absolute atomic E-state index is 12.2. The molecular weight excluding hydrogens is 400 g/mol. The van der Waals surface area contributed by atoms with Gasteiger partial charge in [-0.3, -0.25) is 9.59 Å². The number of ketones is 1. The van der Waals surface area contributed by atoms with Crippen molar-refractivity contribution < 1.29 is 9.59 Å². The number of anilines is 1. The Morgan fingerprint density at radius 3 is 2.63 bits per heavy atom. The van der Waals surface area contributed by atoms with Crippen LogP contribution in [-0.2, 0) is 23.2 Å². The van der Waals surface area contributed by atoms with E-state index >= 15 is 0 Å². The first-order valence-corrected chi connectivity index (χ1v) is 10.4. The number of para-hydroxylation sites is 3. The van der Waals surface area contributed by atoms with Crippen LogP contribution in [0.15, 0.2) is 66.1 Å². The molecule has 0 bridgehead atoms. The highest BCUT2D eigenvalue weighted by molar-refractivity contribution is 7.99. The number of carbonyl (C=O) groups excluding carboxylic acids is 2. The van der Waals surface area contributed by atoms with Gasteiger partial charge in [0.2, 0.25) is 5.91 Å². The number of hydrogen-bond acceptors (Lipinski definition) is 6. The first-order chi connectivity index (χ1) is 14.6. The Labute approximate surface area is 177 Å². The number of thioether (sulfide) groups is 1. The molecule has 0 saturated heterocycles. The fourth-order valence-corrected chi connectivity index (χ4v) is 3.79. The number of nitrogens with one attached hydrogen (secondary N) is 1. The van der Waals surface area contributed by atoms with E-state index in [2.05, 4.69) is 20.5 Å². The number of rotatable bonds is 8. The van der Waals surface area contributed by atoms with Crippen LogP contribution in [0.25, 0.3) is 11.0 Å². The van der Waals surface area contributed by atoms with Crippen LogP contribution in [0.1, 0.15) is 12.2 Å². The minimum Gasteiger partial charge on any atom is -0.326 e. The molecule has 0 spiro atoms. The van der Waals surface area contributed by atoms with Crippen molar-refractivity contribution in [3.05, 3.63) is 66.7 Å². The smallest absolute Gasteiger partial charge is 0.231 e. The number of hydrogen-bond donors (Lipinski definition) is 1. The fraction of sp³-hybridized carbons (Fsp3) is 0.190. The Morgan fingerprint density at radius 2 is 1.80 bits per heavy atom. The SMILES string of the molecule is Cn1c(Cn2cnc3ccccc32)nnc1SCC(=O)CC(=O)Nc1ccccc1. The van der Waals surface area contributed by atoms with Crippen molar-refractivity contribution in [3.8, 4) is 0 Å². The lowest BCUT2D eigenvalue weighted by atomic mass is 10.2. The van der Waals surface area contributed by atoms with E-state index < -0.39 is 0 Å². The zero-order valence-electron chi connectivity index (χ0n) is 16.4. The zero-order valence-corrected chi connectivity index (χ0v) is 17.2. The number of Topliss-reactive ketones (excluding diaryl/α,β-unsaturated/α-hetero) is 1. The summed E-state index contributed by atoms with van der Waals surface area (Å²) < 4.78 is 3.86. The molecule has 0 aliphatic rings. The van der Waals surface area contributed by atoms with E-state index in [-0.39, 0.29) is 23.9 Å². The van der Waals surface area contributed by atoms with Gasteiger partial charge in [0.1, 0.15) is 0 Å². The molecule has 1 amide bonds. The summed E-state index contributed by atoms with van der Waals surface area (Å²) in [5.41, 5.74) is 2.62. The standard InChI is InChI=1S/C21H20N6O2S/c1-26-19(12-27-14-22-17-9-5-6-10-18(17)27)24-25-21(26)30-13-16(28)11-20(29)23-15-7-3-2-4-8-15/h2-10,14H,11-13H2,1H3,(H,23,29). The third-order valence-electron chi connectivity index (χ3n) is 4.54. The van der Waals surface area contributed by atoms with Crippen molar-refractivity contribution in [3.63, 3.8) is 0 Å². The van der Waals surface area contributed by atoms with Crippen molar-refractivity contribution >= 4 is 40.2 Å². The van der Waals surface area contributed by atoms with E-state index in [1.165, 1.54) is 11.8 Å². The second kappa shape index (κ2) is 8.91. The molecule has 2 aromatic carbocycles. The summed E-state index contributed by atoms with van der Waals surface area (Å²) in [5, 5.41) is 11.8. The summed E-state index contributed by atoms with van der Waals surface area (Å²) >= 11 is 1.28. The monoisotopic (exact) mass is 420 g/mol. The number of fused-ring (bicyclic) bond motifs is 1. The fourth-order valence-electron chi connectivity index (χ4n) is 3.00. The van der Waals surface area contributed by atoms with E-state index in [1.54, 1.807) is 18.5 Å². The molecule has 4 aromatic rings. The Balaban J connectivity index is 1.33. The molecule has 0 atom stereocenters. The Morgan fingerprint density at radius 1 is 1.03 bits per heavy atom. The van der Waals surface area contributed by atoms with Gasteiger partial charge >= 0.3 is 0 Å². The minimum atomic E-state index is -0.322. The normalized spacial score (nSPS) is 11.0. The second-order valence-electron chi connectivity index (χ2n) is 6.74. The summed E-state index contributed by atoms with van der Waals surface area (Å²) in [4.78, 5) is 28.6. The molecule has 8 nitrogen and oxygen atoms in total. The van der Waals surface area contributed by atoms with Crippen LogP contribution in [0, 0.1) is 0 Å². The summed E-state index contributed by atoms with van der Waals surface area (Å²) in [6.45, 7) is 0.526. The predicted molar refractivity (Wildman–Crippen MR) is 115 cm³/mol. The summed E-state index contributed by atoms with van der Waals surface area (Å²) in [5.74, 6) is 0.424. The minimum absolute atomic E-state index is 0.155. The highest BCUT2D eigenvalue weighted by Gasteiger charge is 2.15. The number of aromatic nitrogens is 5. The average Bonchev–Trinajstić information content (AvgIpc) is 3.31. The van der Waals surface area contributed by atoms with E-state index in [9.17, 15) is 9.59 Å². The average molecular weight is 420 g/mol. The van der Waals surface area contributed by atoms with Crippen LogP contribution >= 0.6 is 11.8 Å². The van der Waals surface area contributed by atoms with E-state index in [0.717, 1.165) is 16.9 Å². The topological polar surface area (TPSA) is 94.7 Å². The van der Waals surface area contributed by atoms with Crippen LogP contribution < -0.4 is 5.32 Å². The van der Waals surface area contributed by atoms with E-state index in [0.29, 0.717) is 17.4 Å². The maximum atomic E-state index is 12.2. The number of nitrogens with zero attached hydrogens (tertiary/aromatic N) is 5. The molecule has 0 saturated carbocycles. The molecule has 0 fully saturated rings. The molecule has 0 aliphatic heterocycles. The van der Waals surface area contributed by atoms with Crippen molar-refractivity contribution in [2.24, 2.45) is 7.05 Å². The molecule has 30 heavy (non-hydrogen) atoms. The number of amides is 1. The van der Waals surface area contributed by atoms with Crippen LogP contribution in [-0.4, -0.2) is 41.8 Å². The molecule has 0 radical (unpaired) electrons. The van der Waals surface area contributed by atoms with Gasteiger partial charge in [-0.05, 0) is 24.3 Å². The molecule has 4 rings (SSSR count). The largest absolute Gasteiger partial charge is 0.326 e. The molecular formula is C21H20N6O2S. The molecule has 2 aromatic heterocycles. The first-order valence-electron chi connectivity index (χ1n) is 9.37. The summed E-state index contributed by atoms with van der Waals surface area (Å²) in [7, 11) is 1.86. The second-order valence-corrected chi connectivity index (χ2v) is 7.68. The van der Waals surface area contributed by atoms with Gasteiger partial charge < -0.3 is 14.5 Å². The predicted octanol–water partition coefficient (Wildman–Crippen LogP) is 2.90. The van der Waals surface area contributed by atoms with Gasteiger partial charge in [-0.15, -0.1) is 10.2 Å². The zero-order chi connectivity index (χ0) is 20.9. The summed E-state index contributed by atoms with van der Waals surface area (Å²) in [6.07, 6.45) is 1.61. The summed E-state index contributed by atoms with van der Waals surface area (Å²) in [6, 6.07) is 17.0. The quantitative estimate of drug-likeness (QED) is 0.348. The van der Waals surface area contributed by atoms with Crippen molar-refractivity contribution in [1.82, 2.24) is 24.3 Å². The number of imidazole rings is 1. The molecule has 1 N–H and O–H groups in total. The highest BCUT2D eigenvalue weighted by atomic mass is 32.2. The molecule has 2 heterocycles. The van der Waals surface area contributed by atoms with Gasteiger partial charge in [0, 0.05) is 12.7 Å². The Hall–Kier alpha value is -3.46. The van der Waals surface area contributed by atoms with Crippen molar-refractivity contribution in [2.75, 3.05) is 11.1 Å². The lowest BCUT2D eigenvalue weighted by molar-refractivity contribution is -0.123. The van der Waals surface area contributed by atoms with Gasteiger partial charge in [0.05, 0.1) is 36.1 Å². The molecule has 0 unspecified atom stereocenters. The lowest BCUT2D eigenvalue weighted by Crippen LogP contribution is -2.17. The van der Waals surface area contributed by atoms with Gasteiger partial charge in [-0.2, -0.15) is 0 Å². The maximum Gasteiger partial charge on any atom is 0.231 e. The van der Waals surface area contributed by atoms with Crippen LogP contribution in [0.5, 0.6) is 0 Å². The van der Waals surface area contributed by atoms with Gasteiger partial charge in [0.15, 0.2) is 16.8 Å². The van der Waals surface area contributed by atoms with E-state index in [1.807, 2.05) is 58.6 Å². The van der Waals surface area contributed by atoms with E-state index in [4.69, 9.17) is 0 Å². The number of benzene rings is 2. The van der Waals surface area contributed by atoms with Gasteiger partial charge in [0.25, 0.3) is 0 Å². The van der Waals surface area contributed by atoms with Crippen LogP contribution in [0.2, 0.25) is 0 Å². The molecule has 152 valence electrons. The van der Waals surface area contributed by atoms with Crippen molar-refractivity contribution in [1.29, 1.82) is 0 Å². The molecule has 9 heteroatoms. The van der Waals surface area contributed by atoms with Crippen LogP contribution in [0.3, 0.4) is 0 Å². The van der Waals surface area contributed by atoms with Gasteiger partial charge in [-0.1, -0.05) is 42.1 Å². The lowest BCUT2D eigenvalue weighted by Gasteiger charge is -2.06. The third kappa shape index (κ3) is 4.57. The van der Waals surface area contributed by atoms with Crippen molar-refractivity contribution in [2.45, 2.75) is 18.1 Å². The van der Waals surface area contributed by atoms with Crippen LogP contribution in [0.4, 0.5) is 5.69 Å². The first kappa shape index (κ1) is 19.8. The number of carbonyl (C=O) groups is 2. The Bertz CT molecular complexity index is 1180. The highest BCUT2D eigenvalue weighted by Crippen LogP contribution is 2.18. The van der Waals surface area contributed by atoms with Gasteiger partial charge in [-0.25, -0.2) is 4.98 Å². The molecule has 0 aliphatic carbocycles. The Kier molecular flexibility index (Phi) is 5.89. The third-order valence-corrected chi connectivity index (χ3v) is 5.62.